The van der Waals surface area contributed by atoms with Crippen molar-refractivity contribution in [1.29, 1.82) is 0 Å². The average molecular weight is 387 g/mol. The maximum absolute atomic E-state index is 12.6. The number of carbonyl (C=O) groups excluding carboxylic acids is 1. The Morgan fingerprint density at radius 1 is 1.32 bits per heavy atom. The standard InChI is InChI=1S/C21H29N3O4/c1-4-21(26-5-2,27-6-3)14-23-20(25)18-13-17(24-28-18)19-16-10-8-7-9-15(16)11-12-22-19/h8,10-12,18H,4-7,9,13-14H2,1-3H3,(H,23,25). The second-order valence-corrected chi connectivity index (χ2v) is 6.86. The molecule has 2 aliphatic rings. The Hall–Kier alpha value is -2.25. The molecule has 1 aromatic heterocycles. The van der Waals surface area contributed by atoms with Gasteiger partial charge in [-0.3, -0.25) is 9.78 Å². The van der Waals surface area contributed by atoms with Crippen LogP contribution in [0.25, 0.3) is 6.08 Å². The molecule has 1 unspecified atom stereocenters. The highest BCUT2D eigenvalue weighted by Gasteiger charge is 2.34. The smallest absolute Gasteiger partial charge is 0.264 e. The third-order valence-corrected chi connectivity index (χ3v) is 5.07. The molecule has 7 nitrogen and oxygen atoms in total. The minimum Gasteiger partial charge on any atom is -0.382 e. The highest BCUT2D eigenvalue weighted by Crippen LogP contribution is 2.25. The second-order valence-electron chi connectivity index (χ2n) is 6.86. The van der Waals surface area contributed by atoms with Crippen LogP contribution in [-0.2, 0) is 25.5 Å². The number of aryl methyl sites for hydroxylation is 1. The number of oxime groups is 1. The Kier molecular flexibility index (Phi) is 6.80. The van der Waals surface area contributed by atoms with Crippen molar-refractivity contribution in [2.24, 2.45) is 5.16 Å². The number of ether oxygens (including phenoxy) is 2. The number of hydrogen-bond acceptors (Lipinski definition) is 6. The monoisotopic (exact) mass is 387 g/mol. The second kappa shape index (κ2) is 9.30. The predicted molar refractivity (Wildman–Crippen MR) is 107 cm³/mol. The molecule has 1 aromatic rings. The Balaban J connectivity index is 1.62. The fourth-order valence-electron chi connectivity index (χ4n) is 3.58. The van der Waals surface area contributed by atoms with Crippen molar-refractivity contribution in [3.63, 3.8) is 0 Å². The minimum absolute atomic E-state index is 0.226. The van der Waals surface area contributed by atoms with Crippen LogP contribution in [0.3, 0.4) is 0 Å². The summed E-state index contributed by atoms with van der Waals surface area (Å²) in [5.74, 6) is -1.04. The summed E-state index contributed by atoms with van der Waals surface area (Å²) in [7, 11) is 0. The fraction of sp³-hybridized carbons (Fsp3) is 0.571. The number of rotatable bonds is 9. The number of carbonyl (C=O) groups is 1. The summed E-state index contributed by atoms with van der Waals surface area (Å²) in [5.41, 5.74) is 3.84. The minimum atomic E-state index is -0.813. The SMILES string of the molecule is CCOC(CC)(CNC(=O)C1CC(c2nccc3c2C=CCC3)=NO1)OCC. The number of nitrogens with zero attached hydrogens (tertiary/aromatic N) is 2. The lowest BCUT2D eigenvalue weighted by Gasteiger charge is -2.32. The van der Waals surface area contributed by atoms with Crippen molar-refractivity contribution in [3.8, 4) is 0 Å². The van der Waals surface area contributed by atoms with Crippen LogP contribution in [0.5, 0.6) is 0 Å². The zero-order valence-electron chi connectivity index (χ0n) is 16.9. The van der Waals surface area contributed by atoms with Gasteiger partial charge < -0.3 is 19.6 Å². The quantitative estimate of drug-likeness (QED) is 0.659. The first kappa shape index (κ1) is 20.5. The fourth-order valence-corrected chi connectivity index (χ4v) is 3.58. The van der Waals surface area contributed by atoms with Gasteiger partial charge in [-0.2, -0.15) is 0 Å². The van der Waals surface area contributed by atoms with Gasteiger partial charge >= 0.3 is 0 Å². The molecule has 1 aliphatic carbocycles. The number of amides is 1. The lowest BCUT2D eigenvalue weighted by Crippen LogP contribution is -2.49. The van der Waals surface area contributed by atoms with Gasteiger partial charge in [0.15, 0.2) is 5.79 Å². The molecule has 1 atom stereocenters. The van der Waals surface area contributed by atoms with Crippen molar-refractivity contribution in [2.75, 3.05) is 19.8 Å². The van der Waals surface area contributed by atoms with Crippen LogP contribution in [0.2, 0.25) is 0 Å². The Labute approximate surface area is 166 Å². The van der Waals surface area contributed by atoms with Crippen molar-refractivity contribution in [2.45, 2.75) is 58.3 Å². The van der Waals surface area contributed by atoms with Gasteiger partial charge in [-0.1, -0.05) is 24.2 Å². The zero-order chi connectivity index (χ0) is 20.0. The Morgan fingerprint density at radius 2 is 2.11 bits per heavy atom. The number of fused-ring (bicyclic) bond motifs is 1. The van der Waals surface area contributed by atoms with E-state index in [2.05, 4.69) is 27.6 Å². The molecule has 2 heterocycles. The van der Waals surface area contributed by atoms with E-state index in [0.29, 0.717) is 31.8 Å². The van der Waals surface area contributed by atoms with E-state index < -0.39 is 11.9 Å². The van der Waals surface area contributed by atoms with E-state index in [4.69, 9.17) is 14.3 Å². The molecular weight excluding hydrogens is 358 g/mol. The molecule has 1 aliphatic heterocycles. The van der Waals surface area contributed by atoms with E-state index in [1.807, 2.05) is 26.8 Å². The van der Waals surface area contributed by atoms with E-state index in [-0.39, 0.29) is 12.5 Å². The van der Waals surface area contributed by atoms with E-state index in [1.54, 1.807) is 6.20 Å². The lowest BCUT2D eigenvalue weighted by atomic mass is 9.94. The van der Waals surface area contributed by atoms with Gasteiger partial charge in [0.2, 0.25) is 6.10 Å². The predicted octanol–water partition coefficient (Wildman–Crippen LogP) is 2.83. The molecule has 0 bridgehead atoms. The van der Waals surface area contributed by atoms with Crippen LogP contribution >= 0.6 is 0 Å². The van der Waals surface area contributed by atoms with Crippen LogP contribution in [0.1, 0.15) is 56.9 Å². The van der Waals surface area contributed by atoms with Crippen LogP contribution in [0, 0.1) is 0 Å². The number of aromatic nitrogens is 1. The van der Waals surface area contributed by atoms with Crippen LogP contribution in [0.4, 0.5) is 0 Å². The molecule has 0 spiro atoms. The summed E-state index contributed by atoms with van der Waals surface area (Å²) in [4.78, 5) is 22.5. The van der Waals surface area contributed by atoms with Gasteiger partial charge in [-0.25, -0.2) is 0 Å². The van der Waals surface area contributed by atoms with E-state index >= 15 is 0 Å². The third-order valence-electron chi connectivity index (χ3n) is 5.07. The van der Waals surface area contributed by atoms with Crippen molar-refractivity contribution in [1.82, 2.24) is 10.3 Å². The van der Waals surface area contributed by atoms with Gasteiger partial charge in [-0.05, 0) is 38.3 Å². The molecule has 1 amide bonds. The molecule has 0 saturated carbocycles. The molecule has 0 saturated heterocycles. The average Bonchev–Trinajstić information content (AvgIpc) is 3.22. The first-order valence-corrected chi connectivity index (χ1v) is 10.1. The van der Waals surface area contributed by atoms with Crippen molar-refractivity contribution >= 4 is 17.7 Å². The van der Waals surface area contributed by atoms with Crippen LogP contribution in [-0.4, -0.2) is 48.3 Å². The molecular formula is C21H29N3O4. The first-order chi connectivity index (χ1) is 13.6. The van der Waals surface area contributed by atoms with Crippen LogP contribution < -0.4 is 5.32 Å². The molecule has 0 radical (unpaired) electrons. The van der Waals surface area contributed by atoms with Gasteiger partial charge in [0, 0.05) is 37.8 Å². The van der Waals surface area contributed by atoms with Gasteiger partial charge in [0.05, 0.1) is 12.2 Å². The van der Waals surface area contributed by atoms with Crippen molar-refractivity contribution < 1.29 is 19.1 Å². The first-order valence-electron chi connectivity index (χ1n) is 10.1. The summed E-state index contributed by atoms with van der Waals surface area (Å²) in [6.07, 6.45) is 8.40. The zero-order valence-corrected chi connectivity index (χ0v) is 16.9. The molecule has 0 aromatic carbocycles. The van der Waals surface area contributed by atoms with Gasteiger partial charge in [0.1, 0.15) is 5.71 Å². The van der Waals surface area contributed by atoms with Gasteiger partial charge in [-0.15, -0.1) is 0 Å². The molecule has 28 heavy (non-hydrogen) atoms. The number of allylic oxidation sites excluding steroid dienone is 1. The van der Waals surface area contributed by atoms with E-state index in [1.165, 1.54) is 5.56 Å². The van der Waals surface area contributed by atoms with E-state index in [9.17, 15) is 4.79 Å². The molecule has 7 heteroatoms. The molecule has 152 valence electrons. The Morgan fingerprint density at radius 3 is 2.82 bits per heavy atom. The maximum atomic E-state index is 12.6. The van der Waals surface area contributed by atoms with Crippen LogP contribution in [0.15, 0.2) is 23.5 Å². The largest absolute Gasteiger partial charge is 0.382 e. The summed E-state index contributed by atoms with van der Waals surface area (Å²) < 4.78 is 11.5. The molecule has 1 N–H and O–H groups in total. The lowest BCUT2D eigenvalue weighted by molar-refractivity contribution is -0.231. The maximum Gasteiger partial charge on any atom is 0.264 e. The normalized spacial score (nSPS) is 18.4. The molecule has 0 fully saturated rings. The summed E-state index contributed by atoms with van der Waals surface area (Å²) >= 11 is 0. The summed E-state index contributed by atoms with van der Waals surface area (Å²) in [6, 6.07) is 2.04. The van der Waals surface area contributed by atoms with Crippen molar-refractivity contribution in [3.05, 3.63) is 35.2 Å². The summed E-state index contributed by atoms with van der Waals surface area (Å²) in [5, 5.41) is 7.05. The number of hydrogen-bond donors (Lipinski definition) is 1. The molecule has 3 rings (SSSR count). The van der Waals surface area contributed by atoms with E-state index in [0.717, 1.165) is 24.1 Å². The topological polar surface area (TPSA) is 82.0 Å². The Bertz CT molecular complexity index is 754. The number of nitrogens with one attached hydrogen (secondary N) is 1. The van der Waals surface area contributed by atoms with Gasteiger partial charge in [0.25, 0.3) is 5.91 Å². The highest BCUT2D eigenvalue weighted by atomic mass is 16.7. The highest BCUT2D eigenvalue weighted by molar-refractivity contribution is 6.05. The number of pyridine rings is 1. The summed E-state index contributed by atoms with van der Waals surface area (Å²) in [6.45, 7) is 7.08. The third kappa shape index (κ3) is 4.42.